The molecule has 0 bridgehead atoms. The maximum Gasteiger partial charge on any atom is 0.133 e. The van der Waals surface area contributed by atoms with E-state index in [1.807, 2.05) is 24.3 Å². The maximum absolute atomic E-state index is 5.96. The molecular weight excluding hydrogens is 224 g/mol. The number of rotatable bonds is 3. The molecular formula is C16H18O2. The first kappa shape index (κ1) is 12.5. The van der Waals surface area contributed by atoms with Crippen LogP contribution in [0.15, 0.2) is 36.4 Å². The number of benzene rings is 2. The van der Waals surface area contributed by atoms with Gasteiger partial charge >= 0.3 is 0 Å². The summed E-state index contributed by atoms with van der Waals surface area (Å²) >= 11 is 0. The van der Waals surface area contributed by atoms with Crippen LogP contribution in [0.3, 0.4) is 0 Å². The maximum atomic E-state index is 5.96. The van der Waals surface area contributed by atoms with E-state index >= 15 is 0 Å². The summed E-state index contributed by atoms with van der Waals surface area (Å²) in [6.07, 6.45) is 0. The van der Waals surface area contributed by atoms with E-state index in [1.165, 1.54) is 5.56 Å². The van der Waals surface area contributed by atoms with Gasteiger partial charge in [0, 0.05) is 6.07 Å². The van der Waals surface area contributed by atoms with Crippen molar-refractivity contribution in [2.45, 2.75) is 20.8 Å². The molecule has 0 N–H and O–H groups in total. The lowest BCUT2D eigenvalue weighted by atomic mass is 10.1. The third-order valence-electron chi connectivity index (χ3n) is 2.87. The highest BCUT2D eigenvalue weighted by Crippen LogP contribution is 2.31. The van der Waals surface area contributed by atoms with Gasteiger partial charge in [0.15, 0.2) is 0 Å². The van der Waals surface area contributed by atoms with Crippen molar-refractivity contribution in [1.29, 1.82) is 0 Å². The molecule has 0 aromatic heterocycles. The van der Waals surface area contributed by atoms with Gasteiger partial charge in [-0.3, -0.25) is 0 Å². The second-order valence-corrected chi connectivity index (χ2v) is 4.51. The fraction of sp³-hybridized carbons (Fsp3) is 0.250. The van der Waals surface area contributed by atoms with Gasteiger partial charge < -0.3 is 9.47 Å². The Bertz CT molecular complexity index is 536. The second kappa shape index (κ2) is 5.13. The Hall–Kier alpha value is -1.96. The van der Waals surface area contributed by atoms with E-state index in [1.54, 1.807) is 7.11 Å². The second-order valence-electron chi connectivity index (χ2n) is 4.51. The summed E-state index contributed by atoms with van der Waals surface area (Å²) in [5.74, 6) is 2.52. The van der Waals surface area contributed by atoms with Crippen LogP contribution < -0.4 is 9.47 Å². The van der Waals surface area contributed by atoms with Crippen LogP contribution in [-0.4, -0.2) is 7.11 Å². The van der Waals surface area contributed by atoms with Crippen molar-refractivity contribution in [3.05, 3.63) is 53.1 Å². The van der Waals surface area contributed by atoms with Crippen LogP contribution in [0.25, 0.3) is 0 Å². The summed E-state index contributed by atoms with van der Waals surface area (Å²) in [6, 6.07) is 11.9. The Labute approximate surface area is 108 Å². The zero-order valence-electron chi connectivity index (χ0n) is 11.3. The first-order chi connectivity index (χ1) is 8.60. The highest BCUT2D eigenvalue weighted by molar-refractivity contribution is 5.46. The Morgan fingerprint density at radius 2 is 1.44 bits per heavy atom. The standard InChI is InChI=1S/C16H18O2/c1-11-8-12(2)16(13(3)9-11)18-15-7-5-6-14(10-15)17-4/h5-10H,1-4H3. The molecule has 94 valence electrons. The molecule has 2 nitrogen and oxygen atoms in total. The summed E-state index contributed by atoms with van der Waals surface area (Å²) in [4.78, 5) is 0. The van der Waals surface area contributed by atoms with E-state index in [4.69, 9.17) is 9.47 Å². The molecule has 18 heavy (non-hydrogen) atoms. The molecule has 0 saturated carbocycles. The molecule has 0 aliphatic heterocycles. The van der Waals surface area contributed by atoms with Crippen LogP contribution in [0.4, 0.5) is 0 Å². The molecule has 0 spiro atoms. The molecule has 0 aliphatic rings. The lowest BCUT2D eigenvalue weighted by molar-refractivity contribution is 0.408. The topological polar surface area (TPSA) is 18.5 Å². The van der Waals surface area contributed by atoms with Gasteiger partial charge in [-0.25, -0.2) is 0 Å². The summed E-state index contributed by atoms with van der Waals surface area (Å²) in [6.45, 7) is 6.22. The summed E-state index contributed by atoms with van der Waals surface area (Å²) < 4.78 is 11.1. The van der Waals surface area contributed by atoms with E-state index in [2.05, 4.69) is 32.9 Å². The van der Waals surface area contributed by atoms with Gasteiger partial charge in [0.25, 0.3) is 0 Å². The van der Waals surface area contributed by atoms with Gasteiger partial charge in [-0.1, -0.05) is 23.8 Å². The van der Waals surface area contributed by atoms with Crippen molar-refractivity contribution < 1.29 is 9.47 Å². The molecule has 2 aromatic rings. The summed E-state index contributed by atoms with van der Waals surface area (Å²) in [7, 11) is 1.65. The minimum Gasteiger partial charge on any atom is -0.497 e. The number of hydrogen-bond acceptors (Lipinski definition) is 2. The van der Waals surface area contributed by atoms with E-state index in [0.29, 0.717) is 0 Å². The van der Waals surface area contributed by atoms with Crippen molar-refractivity contribution >= 4 is 0 Å². The minimum atomic E-state index is 0.796. The third-order valence-corrected chi connectivity index (χ3v) is 2.87. The third kappa shape index (κ3) is 2.65. The van der Waals surface area contributed by atoms with E-state index < -0.39 is 0 Å². The average molecular weight is 242 g/mol. The predicted molar refractivity (Wildman–Crippen MR) is 73.7 cm³/mol. The average Bonchev–Trinajstić information content (AvgIpc) is 2.34. The SMILES string of the molecule is COc1cccc(Oc2c(C)cc(C)cc2C)c1. The lowest BCUT2D eigenvalue weighted by Gasteiger charge is -2.13. The Morgan fingerprint density at radius 3 is 2.06 bits per heavy atom. The van der Waals surface area contributed by atoms with Crippen LogP contribution in [0, 0.1) is 20.8 Å². The van der Waals surface area contributed by atoms with Gasteiger partial charge in [-0.05, 0) is 44.0 Å². The highest BCUT2D eigenvalue weighted by atomic mass is 16.5. The van der Waals surface area contributed by atoms with Crippen molar-refractivity contribution in [1.82, 2.24) is 0 Å². The van der Waals surface area contributed by atoms with Gasteiger partial charge in [-0.15, -0.1) is 0 Å². The fourth-order valence-corrected chi connectivity index (χ4v) is 2.11. The summed E-state index contributed by atoms with van der Waals surface area (Å²) in [5.41, 5.74) is 3.55. The van der Waals surface area contributed by atoms with Crippen molar-refractivity contribution in [3.63, 3.8) is 0 Å². The molecule has 0 atom stereocenters. The van der Waals surface area contributed by atoms with Crippen LogP contribution in [-0.2, 0) is 0 Å². The highest BCUT2D eigenvalue weighted by Gasteiger charge is 2.07. The first-order valence-corrected chi connectivity index (χ1v) is 6.00. The Morgan fingerprint density at radius 1 is 0.833 bits per heavy atom. The molecule has 0 unspecified atom stereocenters. The number of methoxy groups -OCH3 is 1. The van der Waals surface area contributed by atoms with E-state index in [0.717, 1.165) is 28.4 Å². The first-order valence-electron chi connectivity index (χ1n) is 6.00. The van der Waals surface area contributed by atoms with Crippen LogP contribution in [0.2, 0.25) is 0 Å². The van der Waals surface area contributed by atoms with Crippen molar-refractivity contribution in [2.24, 2.45) is 0 Å². The van der Waals surface area contributed by atoms with Crippen molar-refractivity contribution in [2.75, 3.05) is 7.11 Å². The molecule has 0 aliphatic carbocycles. The smallest absolute Gasteiger partial charge is 0.133 e. The van der Waals surface area contributed by atoms with E-state index in [-0.39, 0.29) is 0 Å². The van der Waals surface area contributed by atoms with Crippen molar-refractivity contribution in [3.8, 4) is 17.2 Å². The largest absolute Gasteiger partial charge is 0.497 e. The molecule has 0 heterocycles. The van der Waals surface area contributed by atoms with Gasteiger partial charge in [0.1, 0.15) is 17.2 Å². The van der Waals surface area contributed by atoms with Gasteiger partial charge in [0.05, 0.1) is 7.11 Å². The molecule has 2 aromatic carbocycles. The monoisotopic (exact) mass is 242 g/mol. The Balaban J connectivity index is 2.33. The molecule has 0 amide bonds. The zero-order chi connectivity index (χ0) is 13.1. The number of ether oxygens (including phenoxy) is 2. The summed E-state index contributed by atoms with van der Waals surface area (Å²) in [5, 5.41) is 0. The quantitative estimate of drug-likeness (QED) is 0.793. The van der Waals surface area contributed by atoms with Gasteiger partial charge in [-0.2, -0.15) is 0 Å². The lowest BCUT2D eigenvalue weighted by Crippen LogP contribution is -1.93. The predicted octanol–water partition coefficient (Wildman–Crippen LogP) is 4.41. The molecule has 2 heteroatoms. The zero-order valence-corrected chi connectivity index (χ0v) is 11.3. The fourth-order valence-electron chi connectivity index (χ4n) is 2.11. The number of aryl methyl sites for hydroxylation is 3. The molecule has 0 radical (unpaired) electrons. The molecule has 0 saturated heterocycles. The molecule has 0 fully saturated rings. The van der Waals surface area contributed by atoms with Crippen LogP contribution >= 0.6 is 0 Å². The Kier molecular flexibility index (Phi) is 3.56. The van der Waals surface area contributed by atoms with E-state index in [9.17, 15) is 0 Å². The minimum absolute atomic E-state index is 0.796. The number of hydrogen-bond donors (Lipinski definition) is 0. The van der Waals surface area contributed by atoms with Gasteiger partial charge in [0.2, 0.25) is 0 Å². The van der Waals surface area contributed by atoms with Crippen LogP contribution in [0.5, 0.6) is 17.2 Å². The van der Waals surface area contributed by atoms with Crippen LogP contribution in [0.1, 0.15) is 16.7 Å². The molecule has 2 rings (SSSR count). The normalized spacial score (nSPS) is 10.2.